The predicted octanol–water partition coefficient (Wildman–Crippen LogP) is 3.66. The first-order valence-electron chi connectivity index (χ1n) is 8.49. The molecule has 1 aromatic heterocycles. The minimum atomic E-state index is -0.300. The molecule has 1 amide bonds. The summed E-state index contributed by atoms with van der Waals surface area (Å²) in [5, 5.41) is 3.35. The third kappa shape index (κ3) is 5.05. The van der Waals surface area contributed by atoms with E-state index in [0.717, 1.165) is 11.1 Å². The van der Waals surface area contributed by atoms with Gasteiger partial charge in [-0.15, -0.1) is 0 Å². The Bertz CT molecular complexity index is 1020. The molecule has 0 saturated heterocycles. The number of pyridine rings is 1. The molecule has 1 heterocycles. The number of aromatic nitrogens is 1. The lowest BCUT2D eigenvalue weighted by Crippen LogP contribution is -2.28. The smallest absolute Gasteiger partial charge is 0.252 e. The molecule has 0 bridgehead atoms. The van der Waals surface area contributed by atoms with Crippen molar-refractivity contribution in [2.75, 3.05) is 6.54 Å². The van der Waals surface area contributed by atoms with Gasteiger partial charge in [0.05, 0.1) is 12.1 Å². The lowest BCUT2D eigenvalue weighted by Gasteiger charge is -2.10. The maximum Gasteiger partial charge on any atom is 0.252 e. The number of benzene rings is 2. The van der Waals surface area contributed by atoms with Gasteiger partial charge in [-0.2, -0.15) is 0 Å². The molecule has 0 saturated carbocycles. The Morgan fingerprint density at radius 2 is 1.89 bits per heavy atom. The minimum absolute atomic E-state index is 0.216. The first-order valence-corrected chi connectivity index (χ1v) is 8.87. The van der Waals surface area contributed by atoms with Gasteiger partial charge in [-0.3, -0.25) is 9.59 Å². The van der Waals surface area contributed by atoms with Gasteiger partial charge in [-0.05, 0) is 41.8 Å². The van der Waals surface area contributed by atoms with Gasteiger partial charge in [0.1, 0.15) is 5.82 Å². The van der Waals surface area contributed by atoms with E-state index in [1.165, 1.54) is 35.0 Å². The lowest BCUT2D eigenvalue weighted by atomic mass is 10.1. The van der Waals surface area contributed by atoms with E-state index < -0.39 is 0 Å². The molecular formula is C21H18ClFN2O2. The Morgan fingerprint density at radius 1 is 1.07 bits per heavy atom. The molecule has 0 radical (unpaired) electrons. The van der Waals surface area contributed by atoms with Gasteiger partial charge in [-0.25, -0.2) is 4.39 Å². The SMILES string of the molecule is O=C(NCCc1cccc(F)c1)c1ccc(=O)n(Cc2ccccc2Cl)c1. The van der Waals surface area contributed by atoms with Crippen molar-refractivity contribution in [3.05, 3.63) is 105 Å². The minimum Gasteiger partial charge on any atom is -0.352 e. The first kappa shape index (κ1) is 18.9. The Balaban J connectivity index is 1.66. The highest BCUT2D eigenvalue weighted by atomic mass is 35.5. The maximum atomic E-state index is 13.2. The van der Waals surface area contributed by atoms with Crippen molar-refractivity contribution in [1.29, 1.82) is 0 Å². The van der Waals surface area contributed by atoms with Gasteiger partial charge in [0, 0.05) is 23.8 Å². The van der Waals surface area contributed by atoms with Crippen LogP contribution in [-0.4, -0.2) is 17.0 Å². The van der Waals surface area contributed by atoms with Crippen molar-refractivity contribution >= 4 is 17.5 Å². The van der Waals surface area contributed by atoms with E-state index >= 15 is 0 Å². The third-order valence-corrected chi connectivity index (χ3v) is 4.50. The zero-order chi connectivity index (χ0) is 19.2. The molecule has 27 heavy (non-hydrogen) atoms. The Kier molecular flexibility index (Phi) is 6.04. The summed E-state index contributed by atoms with van der Waals surface area (Å²) in [6, 6.07) is 16.4. The van der Waals surface area contributed by atoms with Gasteiger partial charge >= 0.3 is 0 Å². The topological polar surface area (TPSA) is 51.1 Å². The number of carbonyl (C=O) groups excluding carboxylic acids is 1. The summed E-state index contributed by atoms with van der Waals surface area (Å²) in [6.07, 6.45) is 2.03. The number of carbonyl (C=O) groups is 1. The Labute approximate surface area is 161 Å². The van der Waals surface area contributed by atoms with Gasteiger partial charge in [-0.1, -0.05) is 41.9 Å². The fourth-order valence-corrected chi connectivity index (χ4v) is 2.91. The van der Waals surface area contributed by atoms with Crippen molar-refractivity contribution < 1.29 is 9.18 Å². The van der Waals surface area contributed by atoms with Crippen LogP contribution in [-0.2, 0) is 13.0 Å². The second-order valence-electron chi connectivity index (χ2n) is 6.11. The van der Waals surface area contributed by atoms with Crippen molar-refractivity contribution in [3.8, 4) is 0 Å². The largest absolute Gasteiger partial charge is 0.352 e. The van der Waals surface area contributed by atoms with Gasteiger partial charge < -0.3 is 9.88 Å². The average molecular weight is 385 g/mol. The number of halogens is 2. The molecule has 1 N–H and O–H groups in total. The van der Waals surface area contributed by atoms with Crippen LogP contribution in [0.1, 0.15) is 21.5 Å². The van der Waals surface area contributed by atoms with Crippen LogP contribution in [0.4, 0.5) is 4.39 Å². The average Bonchev–Trinajstić information content (AvgIpc) is 2.65. The number of nitrogens with one attached hydrogen (secondary N) is 1. The van der Waals surface area contributed by atoms with Crippen LogP contribution in [0.15, 0.2) is 71.7 Å². The maximum absolute atomic E-state index is 13.2. The number of hydrogen-bond donors (Lipinski definition) is 1. The Morgan fingerprint density at radius 3 is 2.67 bits per heavy atom. The summed E-state index contributed by atoms with van der Waals surface area (Å²) < 4.78 is 14.6. The molecule has 0 aliphatic carbocycles. The molecule has 2 aromatic carbocycles. The highest BCUT2D eigenvalue weighted by molar-refractivity contribution is 6.31. The number of hydrogen-bond acceptors (Lipinski definition) is 2. The molecule has 138 valence electrons. The Hall–Kier alpha value is -2.92. The summed E-state index contributed by atoms with van der Waals surface area (Å²) in [5.74, 6) is -0.593. The summed E-state index contributed by atoms with van der Waals surface area (Å²) >= 11 is 6.15. The van der Waals surface area contributed by atoms with Crippen LogP contribution >= 0.6 is 11.6 Å². The fraction of sp³-hybridized carbons (Fsp3) is 0.143. The summed E-state index contributed by atoms with van der Waals surface area (Å²) in [6.45, 7) is 0.648. The number of amides is 1. The van der Waals surface area contributed by atoms with E-state index in [-0.39, 0.29) is 23.8 Å². The highest BCUT2D eigenvalue weighted by Crippen LogP contribution is 2.15. The van der Waals surface area contributed by atoms with E-state index in [0.29, 0.717) is 23.6 Å². The van der Waals surface area contributed by atoms with Crippen LogP contribution in [0.2, 0.25) is 5.02 Å². The van der Waals surface area contributed by atoms with E-state index in [2.05, 4.69) is 5.32 Å². The van der Waals surface area contributed by atoms with E-state index in [4.69, 9.17) is 11.6 Å². The summed E-state index contributed by atoms with van der Waals surface area (Å²) in [5.41, 5.74) is 1.76. The van der Waals surface area contributed by atoms with E-state index in [1.54, 1.807) is 18.2 Å². The molecule has 0 spiro atoms. The van der Waals surface area contributed by atoms with Gasteiger partial charge in [0.2, 0.25) is 0 Å². The zero-order valence-electron chi connectivity index (χ0n) is 14.5. The molecule has 0 atom stereocenters. The molecule has 0 fully saturated rings. The summed E-state index contributed by atoms with van der Waals surface area (Å²) in [7, 11) is 0. The van der Waals surface area contributed by atoms with Crippen LogP contribution in [0, 0.1) is 5.82 Å². The quantitative estimate of drug-likeness (QED) is 0.705. The molecule has 0 aliphatic rings. The first-order chi connectivity index (χ1) is 13.0. The summed E-state index contributed by atoms with van der Waals surface area (Å²) in [4.78, 5) is 24.5. The van der Waals surface area contributed by atoms with E-state index in [1.807, 2.05) is 18.2 Å². The van der Waals surface area contributed by atoms with Crippen molar-refractivity contribution in [2.24, 2.45) is 0 Å². The van der Waals surface area contributed by atoms with Crippen molar-refractivity contribution in [2.45, 2.75) is 13.0 Å². The molecule has 3 aromatic rings. The van der Waals surface area contributed by atoms with Gasteiger partial charge in [0.25, 0.3) is 11.5 Å². The molecule has 6 heteroatoms. The third-order valence-electron chi connectivity index (χ3n) is 4.13. The van der Waals surface area contributed by atoms with Crippen LogP contribution < -0.4 is 10.9 Å². The highest BCUT2D eigenvalue weighted by Gasteiger charge is 2.09. The van der Waals surface area contributed by atoms with Gasteiger partial charge in [0.15, 0.2) is 0 Å². The molecule has 3 rings (SSSR count). The molecule has 0 aliphatic heterocycles. The predicted molar refractivity (Wildman–Crippen MR) is 104 cm³/mol. The standard InChI is InChI=1S/C21H18ClFN2O2/c22-19-7-2-1-5-16(19)13-25-14-17(8-9-20(25)26)21(27)24-11-10-15-4-3-6-18(23)12-15/h1-9,12,14H,10-11,13H2,(H,24,27). The molecule has 0 unspecified atom stereocenters. The second kappa shape index (κ2) is 8.64. The molecule has 4 nitrogen and oxygen atoms in total. The van der Waals surface area contributed by atoms with Crippen LogP contribution in [0.25, 0.3) is 0 Å². The number of nitrogens with zero attached hydrogens (tertiary/aromatic N) is 1. The van der Waals surface area contributed by atoms with Crippen molar-refractivity contribution in [3.63, 3.8) is 0 Å². The fourth-order valence-electron chi connectivity index (χ4n) is 2.71. The lowest BCUT2D eigenvalue weighted by molar-refractivity contribution is 0.0953. The van der Waals surface area contributed by atoms with E-state index in [9.17, 15) is 14.0 Å². The monoisotopic (exact) mass is 384 g/mol. The van der Waals surface area contributed by atoms with Crippen molar-refractivity contribution in [1.82, 2.24) is 9.88 Å². The zero-order valence-corrected chi connectivity index (χ0v) is 15.2. The van der Waals surface area contributed by atoms with Crippen LogP contribution in [0.5, 0.6) is 0 Å². The molecular weight excluding hydrogens is 367 g/mol. The normalized spacial score (nSPS) is 10.6. The van der Waals surface area contributed by atoms with Crippen LogP contribution in [0.3, 0.4) is 0 Å². The second-order valence-corrected chi connectivity index (χ2v) is 6.52. The number of rotatable bonds is 6.